The maximum atomic E-state index is 12.2. The molecule has 0 bridgehead atoms. The lowest BCUT2D eigenvalue weighted by atomic mass is 10.2. The molecule has 2 rings (SSSR count). The third-order valence-corrected chi connectivity index (χ3v) is 4.54. The molecule has 1 aromatic heterocycles. The van der Waals surface area contributed by atoms with Crippen molar-refractivity contribution in [3.8, 4) is 11.8 Å². The standard InChI is InChI=1S/C13H14N2O4S/c16-5-1-2-11-8-12(10-14-9-11)13(17)15-3-6-20(18,19)7-4-15/h8-10,16H,3-7H2. The van der Waals surface area contributed by atoms with Crippen LogP contribution in [0.3, 0.4) is 0 Å². The Morgan fingerprint density at radius 1 is 1.35 bits per heavy atom. The summed E-state index contributed by atoms with van der Waals surface area (Å²) in [5, 5.41) is 8.63. The highest BCUT2D eigenvalue weighted by Gasteiger charge is 2.25. The van der Waals surface area contributed by atoms with E-state index in [1.54, 1.807) is 6.07 Å². The van der Waals surface area contributed by atoms with Gasteiger partial charge in [0.25, 0.3) is 5.91 Å². The fraction of sp³-hybridized carbons (Fsp3) is 0.385. The van der Waals surface area contributed by atoms with Gasteiger partial charge < -0.3 is 10.0 Å². The lowest BCUT2D eigenvalue weighted by Crippen LogP contribution is -2.43. The van der Waals surface area contributed by atoms with Crippen LogP contribution in [0.2, 0.25) is 0 Å². The number of sulfone groups is 1. The van der Waals surface area contributed by atoms with Crippen molar-refractivity contribution in [2.45, 2.75) is 0 Å². The van der Waals surface area contributed by atoms with E-state index >= 15 is 0 Å². The van der Waals surface area contributed by atoms with E-state index in [2.05, 4.69) is 16.8 Å². The van der Waals surface area contributed by atoms with E-state index in [1.165, 1.54) is 17.3 Å². The summed E-state index contributed by atoms with van der Waals surface area (Å²) >= 11 is 0. The summed E-state index contributed by atoms with van der Waals surface area (Å²) in [6.07, 6.45) is 2.93. The summed E-state index contributed by atoms with van der Waals surface area (Å²) in [5.74, 6) is 4.90. The topological polar surface area (TPSA) is 87.6 Å². The molecule has 1 aliphatic rings. The van der Waals surface area contributed by atoms with Crippen molar-refractivity contribution in [1.29, 1.82) is 0 Å². The summed E-state index contributed by atoms with van der Waals surface area (Å²) in [7, 11) is -3.01. The lowest BCUT2D eigenvalue weighted by Gasteiger charge is -2.26. The van der Waals surface area contributed by atoms with Gasteiger partial charge in [0.2, 0.25) is 0 Å². The molecule has 0 aromatic carbocycles. The predicted molar refractivity (Wildman–Crippen MR) is 72.8 cm³/mol. The van der Waals surface area contributed by atoms with E-state index in [-0.39, 0.29) is 37.1 Å². The molecule has 20 heavy (non-hydrogen) atoms. The number of nitrogens with zero attached hydrogens (tertiary/aromatic N) is 2. The largest absolute Gasteiger partial charge is 0.384 e. The van der Waals surface area contributed by atoms with E-state index in [4.69, 9.17) is 5.11 Å². The molecule has 7 heteroatoms. The summed E-state index contributed by atoms with van der Waals surface area (Å²) < 4.78 is 22.7. The van der Waals surface area contributed by atoms with Gasteiger partial charge in [-0.3, -0.25) is 9.78 Å². The zero-order chi connectivity index (χ0) is 14.6. The Labute approximate surface area is 117 Å². The van der Waals surface area contributed by atoms with Gasteiger partial charge in [0.1, 0.15) is 6.61 Å². The number of aliphatic hydroxyl groups is 1. The number of hydrogen-bond donors (Lipinski definition) is 1. The van der Waals surface area contributed by atoms with Crippen LogP contribution in [-0.2, 0) is 9.84 Å². The van der Waals surface area contributed by atoms with Crippen molar-refractivity contribution in [3.63, 3.8) is 0 Å². The number of aromatic nitrogens is 1. The third kappa shape index (κ3) is 3.56. The number of amides is 1. The fourth-order valence-corrected chi connectivity index (χ4v) is 3.07. The molecular weight excluding hydrogens is 280 g/mol. The first-order valence-corrected chi connectivity index (χ1v) is 7.88. The Morgan fingerprint density at radius 2 is 2.05 bits per heavy atom. The van der Waals surface area contributed by atoms with Crippen LogP contribution in [0.5, 0.6) is 0 Å². The second-order valence-electron chi connectivity index (χ2n) is 4.37. The van der Waals surface area contributed by atoms with Crippen molar-refractivity contribution in [1.82, 2.24) is 9.88 Å². The van der Waals surface area contributed by atoms with Crippen molar-refractivity contribution < 1.29 is 18.3 Å². The average molecular weight is 294 g/mol. The van der Waals surface area contributed by atoms with Gasteiger partial charge in [-0.15, -0.1) is 0 Å². The number of hydrogen-bond acceptors (Lipinski definition) is 5. The molecule has 0 atom stereocenters. The van der Waals surface area contributed by atoms with Gasteiger partial charge in [-0.2, -0.15) is 0 Å². The Balaban J connectivity index is 2.13. The van der Waals surface area contributed by atoms with Gasteiger partial charge in [0.15, 0.2) is 9.84 Å². The van der Waals surface area contributed by atoms with Crippen molar-refractivity contribution in [3.05, 3.63) is 29.6 Å². The van der Waals surface area contributed by atoms with Gasteiger partial charge in [0.05, 0.1) is 17.1 Å². The molecule has 106 valence electrons. The van der Waals surface area contributed by atoms with Crippen LogP contribution in [0.25, 0.3) is 0 Å². The smallest absolute Gasteiger partial charge is 0.255 e. The molecule has 1 fully saturated rings. The Bertz CT molecular complexity index is 659. The Kier molecular flexibility index (Phi) is 4.37. The molecule has 1 saturated heterocycles. The van der Waals surface area contributed by atoms with Crippen molar-refractivity contribution >= 4 is 15.7 Å². The Hall–Kier alpha value is -1.91. The van der Waals surface area contributed by atoms with Crippen LogP contribution in [0.15, 0.2) is 18.5 Å². The summed E-state index contributed by atoms with van der Waals surface area (Å²) in [6, 6.07) is 1.58. The van der Waals surface area contributed by atoms with Gasteiger partial charge in [-0.05, 0) is 6.07 Å². The SMILES string of the molecule is O=C(c1cncc(C#CCO)c1)N1CCS(=O)(=O)CC1. The number of pyridine rings is 1. The second-order valence-corrected chi connectivity index (χ2v) is 6.67. The van der Waals surface area contributed by atoms with E-state index in [1.807, 2.05) is 0 Å². The normalized spacial score (nSPS) is 17.1. The minimum atomic E-state index is -3.01. The molecule has 1 aromatic rings. The molecule has 0 unspecified atom stereocenters. The molecule has 0 radical (unpaired) electrons. The van der Waals surface area contributed by atoms with E-state index < -0.39 is 9.84 Å². The monoisotopic (exact) mass is 294 g/mol. The highest BCUT2D eigenvalue weighted by atomic mass is 32.2. The van der Waals surface area contributed by atoms with Gasteiger partial charge in [-0.1, -0.05) is 11.8 Å². The number of aliphatic hydroxyl groups excluding tert-OH is 1. The minimum Gasteiger partial charge on any atom is -0.384 e. The van der Waals surface area contributed by atoms with Crippen molar-refractivity contribution in [2.75, 3.05) is 31.2 Å². The first-order chi connectivity index (χ1) is 9.52. The second kappa shape index (κ2) is 6.03. The minimum absolute atomic E-state index is 0.00379. The molecule has 0 saturated carbocycles. The van der Waals surface area contributed by atoms with Crippen LogP contribution < -0.4 is 0 Å². The molecule has 1 amide bonds. The summed E-state index contributed by atoms with van der Waals surface area (Å²) in [6.45, 7) is 0.142. The Morgan fingerprint density at radius 3 is 2.70 bits per heavy atom. The van der Waals surface area contributed by atoms with Gasteiger partial charge in [-0.25, -0.2) is 8.42 Å². The quantitative estimate of drug-likeness (QED) is 0.692. The fourth-order valence-electron chi connectivity index (χ4n) is 1.86. The molecule has 0 spiro atoms. The maximum Gasteiger partial charge on any atom is 0.255 e. The molecule has 2 heterocycles. The van der Waals surface area contributed by atoms with Gasteiger partial charge >= 0.3 is 0 Å². The average Bonchev–Trinajstić information content (AvgIpc) is 2.45. The molecule has 1 N–H and O–H groups in total. The van der Waals surface area contributed by atoms with E-state index in [0.717, 1.165) is 0 Å². The highest BCUT2D eigenvalue weighted by Crippen LogP contribution is 2.10. The molecule has 0 aliphatic carbocycles. The summed E-state index contributed by atoms with van der Waals surface area (Å²) in [5.41, 5.74) is 0.906. The van der Waals surface area contributed by atoms with Crippen LogP contribution in [0.1, 0.15) is 15.9 Å². The number of carbonyl (C=O) groups is 1. The maximum absolute atomic E-state index is 12.2. The predicted octanol–water partition coefficient (Wildman–Crippen LogP) is -0.704. The van der Waals surface area contributed by atoms with Crippen LogP contribution in [0.4, 0.5) is 0 Å². The third-order valence-electron chi connectivity index (χ3n) is 2.93. The zero-order valence-electron chi connectivity index (χ0n) is 10.7. The van der Waals surface area contributed by atoms with Crippen LogP contribution >= 0.6 is 0 Å². The van der Waals surface area contributed by atoms with Crippen molar-refractivity contribution in [2.24, 2.45) is 0 Å². The molecule has 6 nitrogen and oxygen atoms in total. The summed E-state index contributed by atoms with van der Waals surface area (Å²) in [4.78, 5) is 17.7. The number of rotatable bonds is 1. The lowest BCUT2D eigenvalue weighted by molar-refractivity contribution is 0.0770. The zero-order valence-corrected chi connectivity index (χ0v) is 11.6. The van der Waals surface area contributed by atoms with E-state index in [0.29, 0.717) is 11.1 Å². The first-order valence-electron chi connectivity index (χ1n) is 6.06. The molecular formula is C13H14N2O4S. The first kappa shape index (κ1) is 14.5. The number of carbonyl (C=O) groups excluding carboxylic acids is 1. The van der Waals surface area contributed by atoms with Crippen LogP contribution in [0, 0.1) is 11.8 Å². The van der Waals surface area contributed by atoms with Crippen LogP contribution in [-0.4, -0.2) is 60.5 Å². The highest BCUT2D eigenvalue weighted by molar-refractivity contribution is 7.91. The van der Waals surface area contributed by atoms with Gasteiger partial charge in [0, 0.05) is 31.0 Å². The molecule has 1 aliphatic heterocycles. The van der Waals surface area contributed by atoms with E-state index in [9.17, 15) is 13.2 Å².